The van der Waals surface area contributed by atoms with Gasteiger partial charge in [0.2, 0.25) is 0 Å². The van der Waals surface area contributed by atoms with Crippen molar-refractivity contribution in [2.24, 2.45) is 0 Å². The summed E-state index contributed by atoms with van der Waals surface area (Å²) in [5, 5.41) is 13.1. The van der Waals surface area contributed by atoms with Crippen molar-refractivity contribution in [3.63, 3.8) is 0 Å². The molecule has 3 N–H and O–H groups in total. The second kappa shape index (κ2) is 12.0. The van der Waals surface area contributed by atoms with E-state index in [9.17, 15) is 9.90 Å². The molecule has 0 bridgehead atoms. The summed E-state index contributed by atoms with van der Waals surface area (Å²) < 4.78 is 5.22. The molecule has 2 saturated carbocycles. The number of imidazole rings is 1. The van der Waals surface area contributed by atoms with Crippen molar-refractivity contribution in [3.05, 3.63) is 24.3 Å². The Morgan fingerprint density at radius 2 is 1.63 bits per heavy atom. The van der Waals surface area contributed by atoms with Crippen LogP contribution in [0.3, 0.4) is 0 Å². The number of aliphatic carboxylic acids is 1. The molecule has 0 unspecified atom stereocenters. The van der Waals surface area contributed by atoms with Crippen LogP contribution in [-0.4, -0.2) is 33.1 Å². The van der Waals surface area contributed by atoms with Gasteiger partial charge in [-0.1, -0.05) is 25.0 Å². The van der Waals surface area contributed by atoms with Gasteiger partial charge in [0.05, 0.1) is 23.1 Å². The molecule has 0 spiro atoms. The number of nitrogens with two attached hydrogens (primary N) is 1. The quantitative estimate of drug-likeness (QED) is 0.686. The number of ether oxygens (including phenoxy) is 1. The van der Waals surface area contributed by atoms with Crippen molar-refractivity contribution in [3.8, 4) is 6.01 Å². The predicted octanol–water partition coefficient (Wildman–Crippen LogP) is 3.01. The van der Waals surface area contributed by atoms with E-state index in [1.165, 1.54) is 64.2 Å². The van der Waals surface area contributed by atoms with Crippen LogP contribution in [0.15, 0.2) is 24.3 Å². The van der Waals surface area contributed by atoms with Crippen molar-refractivity contribution >= 4 is 34.3 Å². The number of para-hydroxylation sites is 2. The fraction of sp³-hybridized carbons (Fsp3) is 0.609. The average Bonchev–Trinajstić information content (AvgIpc) is 3.16. The summed E-state index contributed by atoms with van der Waals surface area (Å²) >= 11 is 4.89. The Kier molecular flexibility index (Phi) is 9.08. The topological polar surface area (TPSA) is 94.7 Å². The first-order valence-electron chi connectivity index (χ1n) is 11.3. The van der Waals surface area contributed by atoms with Gasteiger partial charge in [-0.2, -0.15) is 4.98 Å². The van der Waals surface area contributed by atoms with Crippen LogP contribution in [0.25, 0.3) is 11.0 Å². The van der Waals surface area contributed by atoms with E-state index in [0.29, 0.717) is 0 Å². The van der Waals surface area contributed by atoms with Gasteiger partial charge in [0.15, 0.2) is 5.05 Å². The SMILES string of the molecule is C1CCC([NH2+]C2CCCCC2)CC1.O=C([O-])CCC(=S)Oc1nc2ccccc2[nH]1. The number of carboxylic acids is 1. The van der Waals surface area contributed by atoms with Gasteiger partial charge in [0.1, 0.15) is 0 Å². The highest BCUT2D eigenvalue weighted by Gasteiger charge is 2.22. The highest BCUT2D eigenvalue weighted by molar-refractivity contribution is 7.80. The maximum Gasteiger partial charge on any atom is 0.300 e. The lowest BCUT2D eigenvalue weighted by Crippen LogP contribution is -2.95. The van der Waals surface area contributed by atoms with Crippen molar-refractivity contribution in [1.82, 2.24) is 9.97 Å². The number of fused-ring (bicyclic) bond motifs is 1. The van der Waals surface area contributed by atoms with E-state index in [1.54, 1.807) is 0 Å². The normalized spacial score (nSPS) is 17.9. The van der Waals surface area contributed by atoms with Crippen LogP contribution in [0.1, 0.15) is 77.0 Å². The van der Waals surface area contributed by atoms with Gasteiger partial charge in [-0.3, -0.25) is 0 Å². The summed E-state index contributed by atoms with van der Waals surface area (Å²) in [5.74, 6) is -1.15. The summed E-state index contributed by atoms with van der Waals surface area (Å²) in [5.41, 5.74) is 1.61. The van der Waals surface area contributed by atoms with Gasteiger partial charge in [-0.25, -0.2) is 0 Å². The minimum absolute atomic E-state index is 0.134. The van der Waals surface area contributed by atoms with E-state index in [-0.39, 0.29) is 23.9 Å². The fourth-order valence-corrected chi connectivity index (χ4v) is 4.56. The predicted molar refractivity (Wildman–Crippen MR) is 119 cm³/mol. The number of nitrogens with one attached hydrogen (secondary N) is 1. The molecule has 164 valence electrons. The van der Waals surface area contributed by atoms with Crippen LogP contribution < -0.4 is 15.2 Å². The van der Waals surface area contributed by atoms with Crippen molar-refractivity contribution in [2.45, 2.75) is 89.1 Å². The summed E-state index contributed by atoms with van der Waals surface area (Å²) in [6.07, 6.45) is 14.9. The van der Waals surface area contributed by atoms with Crippen LogP contribution >= 0.6 is 12.2 Å². The number of rotatable bonds is 6. The largest absolute Gasteiger partial charge is 0.550 e. The molecule has 7 heteroatoms. The zero-order chi connectivity index (χ0) is 21.2. The monoisotopic (exact) mass is 431 g/mol. The minimum atomic E-state index is -1.15. The highest BCUT2D eigenvalue weighted by atomic mass is 32.1. The molecular formula is C23H33N3O3S. The molecule has 2 fully saturated rings. The second-order valence-electron chi connectivity index (χ2n) is 8.39. The second-order valence-corrected chi connectivity index (χ2v) is 8.85. The van der Waals surface area contributed by atoms with Gasteiger partial charge in [0, 0.05) is 12.4 Å². The number of carbonyl (C=O) groups is 1. The van der Waals surface area contributed by atoms with Crippen molar-refractivity contribution in [2.75, 3.05) is 0 Å². The smallest absolute Gasteiger partial charge is 0.300 e. The lowest BCUT2D eigenvalue weighted by Gasteiger charge is -2.27. The van der Waals surface area contributed by atoms with Crippen LogP contribution in [0.4, 0.5) is 0 Å². The van der Waals surface area contributed by atoms with E-state index in [1.807, 2.05) is 24.3 Å². The molecule has 2 aromatic rings. The van der Waals surface area contributed by atoms with Crippen molar-refractivity contribution < 1.29 is 20.0 Å². The molecule has 2 aliphatic rings. The summed E-state index contributed by atoms with van der Waals surface area (Å²) in [6, 6.07) is 9.70. The number of thiocarbonyl (C=S) groups is 1. The van der Waals surface area contributed by atoms with Gasteiger partial charge in [0.25, 0.3) is 0 Å². The van der Waals surface area contributed by atoms with E-state index in [4.69, 9.17) is 17.0 Å². The van der Waals surface area contributed by atoms with E-state index in [2.05, 4.69) is 15.3 Å². The summed E-state index contributed by atoms with van der Waals surface area (Å²) in [4.78, 5) is 17.3. The number of nitrogens with zero attached hydrogens (tertiary/aromatic N) is 1. The number of hydrogen-bond acceptors (Lipinski definition) is 5. The highest BCUT2D eigenvalue weighted by Crippen LogP contribution is 2.18. The van der Waals surface area contributed by atoms with Crippen LogP contribution in [-0.2, 0) is 4.79 Å². The first-order valence-corrected chi connectivity index (χ1v) is 11.7. The number of carbonyl (C=O) groups excluding carboxylic acids is 1. The Balaban J connectivity index is 0.000000177. The van der Waals surface area contributed by atoms with Gasteiger partial charge in [-0.05, 0) is 82.1 Å². The van der Waals surface area contributed by atoms with Gasteiger partial charge < -0.3 is 24.9 Å². The van der Waals surface area contributed by atoms with Crippen LogP contribution in [0.2, 0.25) is 0 Å². The molecule has 1 aromatic carbocycles. The number of hydrogen-bond donors (Lipinski definition) is 2. The van der Waals surface area contributed by atoms with Crippen LogP contribution in [0, 0.1) is 0 Å². The number of aromatic amines is 1. The standard InChI is InChI=1S/C12H23N.C11H10N2O3S/c1-3-7-11(8-4-1)13-12-9-5-2-6-10-12;14-9(15)5-6-10(17)16-11-12-7-3-1-2-4-8(7)13-11/h11-13H,1-10H2;1-4H,5-6H2,(H,12,13)(H,14,15). The van der Waals surface area contributed by atoms with E-state index in [0.717, 1.165) is 23.1 Å². The molecule has 4 rings (SSSR count). The third-order valence-corrected chi connectivity index (χ3v) is 6.24. The Morgan fingerprint density at radius 3 is 2.20 bits per heavy atom. The zero-order valence-electron chi connectivity index (χ0n) is 17.6. The van der Waals surface area contributed by atoms with Crippen molar-refractivity contribution in [1.29, 1.82) is 0 Å². The molecule has 0 saturated heterocycles. The summed E-state index contributed by atoms with van der Waals surface area (Å²) in [6.45, 7) is 0. The fourth-order valence-electron chi connectivity index (χ4n) is 4.38. The molecule has 0 aliphatic heterocycles. The Hall–Kier alpha value is -1.99. The van der Waals surface area contributed by atoms with E-state index >= 15 is 0 Å². The number of aromatic nitrogens is 2. The maximum atomic E-state index is 10.2. The third-order valence-electron chi connectivity index (χ3n) is 5.96. The first kappa shape index (κ1) is 22.7. The number of H-pyrrole nitrogens is 1. The number of quaternary nitrogens is 1. The average molecular weight is 432 g/mol. The van der Waals surface area contributed by atoms with E-state index < -0.39 is 5.97 Å². The Morgan fingerprint density at radius 1 is 1.03 bits per heavy atom. The molecule has 1 aromatic heterocycles. The molecule has 6 nitrogen and oxygen atoms in total. The zero-order valence-corrected chi connectivity index (χ0v) is 18.4. The summed E-state index contributed by atoms with van der Waals surface area (Å²) in [7, 11) is 0. The molecule has 2 aliphatic carbocycles. The molecule has 1 heterocycles. The Labute approximate surface area is 183 Å². The lowest BCUT2D eigenvalue weighted by molar-refractivity contribution is -0.725. The molecule has 30 heavy (non-hydrogen) atoms. The Bertz CT molecular complexity index is 762. The molecule has 0 amide bonds. The third kappa shape index (κ3) is 7.69. The number of carboxylic acid groups (broad SMARTS) is 1. The lowest BCUT2D eigenvalue weighted by atomic mass is 9.91. The number of benzene rings is 1. The molecular weight excluding hydrogens is 398 g/mol. The first-order chi connectivity index (χ1) is 14.6. The molecule has 0 radical (unpaired) electrons. The van der Waals surface area contributed by atoms with Gasteiger partial charge in [-0.15, -0.1) is 0 Å². The molecule has 0 atom stereocenters. The minimum Gasteiger partial charge on any atom is -0.550 e. The van der Waals surface area contributed by atoms with Crippen LogP contribution in [0.5, 0.6) is 6.01 Å². The van der Waals surface area contributed by atoms with Gasteiger partial charge >= 0.3 is 6.01 Å². The maximum absolute atomic E-state index is 10.2.